The van der Waals surface area contributed by atoms with Crippen molar-refractivity contribution in [1.82, 2.24) is 4.90 Å². The molecule has 2 heterocycles. The first-order valence-electron chi connectivity index (χ1n) is 8.83. The van der Waals surface area contributed by atoms with Crippen LogP contribution in [0.3, 0.4) is 0 Å². The van der Waals surface area contributed by atoms with Gasteiger partial charge < -0.3 is 30.2 Å². The van der Waals surface area contributed by atoms with E-state index in [-0.39, 0.29) is 12.0 Å². The van der Waals surface area contributed by atoms with Crippen LogP contribution in [0.2, 0.25) is 0 Å². The average molecular weight is 405 g/mol. The zero-order chi connectivity index (χ0) is 20.3. The second kappa shape index (κ2) is 8.39. The van der Waals surface area contributed by atoms with Crippen LogP contribution in [0.5, 0.6) is 11.5 Å². The number of nitrogens with one attached hydrogen (secondary N) is 1. The van der Waals surface area contributed by atoms with E-state index in [4.69, 9.17) is 19.9 Å². The van der Waals surface area contributed by atoms with Gasteiger partial charge in [-0.3, -0.25) is 4.79 Å². The zero-order valence-electron chi connectivity index (χ0n) is 16.0. The standard InChI is InChI=1S/C19H23N3O5S/c1-4-27-19(24)22-8-7-12-15(10-22)28-17(20)16(12)18(23)21-13-9-11(25-2)5-6-14(13)26-3/h5-6,9H,4,7-8,10,20H2,1-3H3,(H,21,23). The summed E-state index contributed by atoms with van der Waals surface area (Å²) in [4.78, 5) is 27.5. The van der Waals surface area contributed by atoms with E-state index in [2.05, 4.69) is 5.32 Å². The Kier molecular flexibility index (Phi) is 5.93. The minimum Gasteiger partial charge on any atom is -0.497 e. The second-order valence-electron chi connectivity index (χ2n) is 6.13. The molecule has 0 bridgehead atoms. The number of carbonyl (C=O) groups is 2. The summed E-state index contributed by atoms with van der Waals surface area (Å²) in [5.41, 5.74) is 7.97. The Bertz CT molecular complexity index is 896. The number of nitrogen functional groups attached to an aromatic ring is 1. The number of rotatable bonds is 5. The number of anilines is 2. The van der Waals surface area contributed by atoms with Gasteiger partial charge in [0.25, 0.3) is 5.91 Å². The van der Waals surface area contributed by atoms with E-state index in [1.165, 1.54) is 18.4 Å². The number of amides is 2. The number of nitrogens with zero attached hydrogens (tertiary/aromatic N) is 1. The lowest BCUT2D eigenvalue weighted by Crippen LogP contribution is -2.36. The maximum absolute atomic E-state index is 13.0. The molecule has 9 heteroatoms. The highest BCUT2D eigenvalue weighted by molar-refractivity contribution is 7.16. The molecule has 1 aliphatic heterocycles. The molecule has 8 nitrogen and oxygen atoms in total. The van der Waals surface area contributed by atoms with Crippen LogP contribution in [-0.4, -0.2) is 44.3 Å². The van der Waals surface area contributed by atoms with Crippen LogP contribution in [-0.2, 0) is 17.7 Å². The number of benzene rings is 1. The van der Waals surface area contributed by atoms with E-state index >= 15 is 0 Å². The highest BCUT2D eigenvalue weighted by atomic mass is 32.1. The first-order chi connectivity index (χ1) is 13.5. The second-order valence-corrected chi connectivity index (χ2v) is 7.27. The summed E-state index contributed by atoms with van der Waals surface area (Å²) in [6.07, 6.45) is 0.187. The molecule has 1 aliphatic rings. The Morgan fingerprint density at radius 1 is 1.29 bits per heavy atom. The van der Waals surface area contributed by atoms with Crippen LogP contribution >= 0.6 is 11.3 Å². The third kappa shape index (κ3) is 3.84. The molecule has 0 spiro atoms. The normalized spacial score (nSPS) is 12.9. The lowest BCUT2D eigenvalue weighted by molar-refractivity contribution is 0.102. The maximum Gasteiger partial charge on any atom is 0.410 e. The van der Waals surface area contributed by atoms with Gasteiger partial charge in [-0.05, 0) is 31.0 Å². The van der Waals surface area contributed by atoms with Crippen molar-refractivity contribution in [2.24, 2.45) is 0 Å². The van der Waals surface area contributed by atoms with Gasteiger partial charge in [0.15, 0.2) is 0 Å². The molecular formula is C19H23N3O5S. The minimum absolute atomic E-state index is 0.314. The Labute approximate surface area is 167 Å². The first-order valence-corrected chi connectivity index (χ1v) is 9.65. The van der Waals surface area contributed by atoms with Crippen molar-refractivity contribution in [1.29, 1.82) is 0 Å². The molecule has 2 aromatic rings. The van der Waals surface area contributed by atoms with Crippen molar-refractivity contribution in [3.8, 4) is 11.5 Å². The molecule has 0 saturated carbocycles. The topological polar surface area (TPSA) is 103 Å². The van der Waals surface area contributed by atoms with Gasteiger partial charge in [-0.15, -0.1) is 11.3 Å². The molecule has 150 valence electrons. The molecule has 3 N–H and O–H groups in total. The van der Waals surface area contributed by atoms with Crippen LogP contribution in [0.1, 0.15) is 27.7 Å². The van der Waals surface area contributed by atoms with Crippen molar-refractivity contribution in [3.63, 3.8) is 0 Å². The summed E-state index contributed by atoms with van der Waals surface area (Å²) in [5.74, 6) is 0.804. The summed E-state index contributed by atoms with van der Waals surface area (Å²) in [6.45, 7) is 2.96. The smallest absolute Gasteiger partial charge is 0.410 e. The van der Waals surface area contributed by atoms with E-state index in [0.29, 0.717) is 53.9 Å². The molecule has 0 saturated heterocycles. The molecule has 0 unspecified atom stereocenters. The fourth-order valence-corrected chi connectivity index (χ4v) is 4.27. The predicted octanol–water partition coefficient (Wildman–Crippen LogP) is 3.11. The molecule has 0 aliphatic carbocycles. The number of carbonyl (C=O) groups excluding carboxylic acids is 2. The predicted molar refractivity (Wildman–Crippen MR) is 107 cm³/mol. The van der Waals surface area contributed by atoms with Crippen molar-refractivity contribution >= 4 is 34.0 Å². The fourth-order valence-electron chi connectivity index (χ4n) is 3.14. The van der Waals surface area contributed by atoms with Gasteiger partial charge in [-0.1, -0.05) is 0 Å². The van der Waals surface area contributed by atoms with Crippen LogP contribution in [0.4, 0.5) is 15.5 Å². The van der Waals surface area contributed by atoms with Crippen molar-refractivity contribution in [2.45, 2.75) is 19.9 Å². The van der Waals surface area contributed by atoms with E-state index in [1.807, 2.05) is 0 Å². The molecule has 0 radical (unpaired) electrons. The van der Waals surface area contributed by atoms with Crippen molar-refractivity contribution in [3.05, 3.63) is 34.2 Å². The van der Waals surface area contributed by atoms with Crippen LogP contribution in [0.15, 0.2) is 18.2 Å². The number of nitrogens with two attached hydrogens (primary N) is 1. The van der Waals surface area contributed by atoms with E-state index in [1.54, 1.807) is 37.1 Å². The van der Waals surface area contributed by atoms with Gasteiger partial charge in [0, 0.05) is 17.5 Å². The first kappa shape index (κ1) is 19.8. The largest absolute Gasteiger partial charge is 0.497 e. The summed E-state index contributed by atoms with van der Waals surface area (Å²) >= 11 is 1.32. The van der Waals surface area contributed by atoms with Gasteiger partial charge in [0.1, 0.15) is 11.5 Å². The molecule has 0 fully saturated rings. The fraction of sp³-hybridized carbons (Fsp3) is 0.368. The number of hydrogen-bond donors (Lipinski definition) is 2. The average Bonchev–Trinajstić information content (AvgIpc) is 3.02. The summed E-state index contributed by atoms with van der Waals surface area (Å²) in [5, 5.41) is 3.29. The Balaban J connectivity index is 1.84. The monoisotopic (exact) mass is 405 g/mol. The summed E-state index contributed by atoms with van der Waals surface area (Å²) in [7, 11) is 3.08. The lowest BCUT2D eigenvalue weighted by Gasteiger charge is -2.26. The van der Waals surface area contributed by atoms with Gasteiger partial charge >= 0.3 is 6.09 Å². The molecule has 28 heavy (non-hydrogen) atoms. The SMILES string of the molecule is CCOC(=O)N1CCc2c(sc(N)c2C(=O)Nc2cc(OC)ccc2OC)C1. The molecule has 1 aromatic heterocycles. The zero-order valence-corrected chi connectivity index (χ0v) is 16.9. The van der Waals surface area contributed by atoms with Crippen LogP contribution in [0, 0.1) is 0 Å². The summed E-state index contributed by atoms with van der Waals surface area (Å²) in [6, 6.07) is 5.16. The third-order valence-electron chi connectivity index (χ3n) is 4.49. The molecule has 0 atom stereocenters. The molecule has 3 rings (SSSR count). The number of thiophene rings is 1. The highest BCUT2D eigenvalue weighted by Gasteiger charge is 2.29. The van der Waals surface area contributed by atoms with Gasteiger partial charge in [0.2, 0.25) is 0 Å². The van der Waals surface area contributed by atoms with Crippen molar-refractivity contribution < 1.29 is 23.8 Å². The Morgan fingerprint density at radius 3 is 2.75 bits per heavy atom. The van der Waals surface area contributed by atoms with E-state index in [0.717, 1.165) is 10.4 Å². The van der Waals surface area contributed by atoms with E-state index < -0.39 is 0 Å². The van der Waals surface area contributed by atoms with Crippen LogP contribution in [0.25, 0.3) is 0 Å². The molecule has 1 aromatic carbocycles. The number of ether oxygens (including phenoxy) is 3. The third-order valence-corrected chi connectivity index (χ3v) is 5.54. The number of hydrogen-bond acceptors (Lipinski definition) is 7. The van der Waals surface area contributed by atoms with Crippen molar-refractivity contribution in [2.75, 3.05) is 38.4 Å². The molecular weight excluding hydrogens is 382 g/mol. The van der Waals surface area contributed by atoms with E-state index in [9.17, 15) is 9.59 Å². The number of fused-ring (bicyclic) bond motifs is 1. The highest BCUT2D eigenvalue weighted by Crippen LogP contribution is 2.37. The quantitative estimate of drug-likeness (QED) is 0.792. The lowest BCUT2D eigenvalue weighted by atomic mass is 10.0. The maximum atomic E-state index is 13.0. The van der Waals surface area contributed by atoms with Gasteiger partial charge in [-0.2, -0.15) is 0 Å². The Hall–Kier alpha value is -2.94. The summed E-state index contributed by atoms with van der Waals surface area (Å²) < 4.78 is 15.6. The Morgan fingerprint density at radius 2 is 2.07 bits per heavy atom. The molecule has 2 amide bonds. The minimum atomic E-state index is -0.354. The van der Waals surface area contributed by atoms with Gasteiger partial charge in [0.05, 0.1) is 43.6 Å². The van der Waals surface area contributed by atoms with Gasteiger partial charge in [-0.25, -0.2) is 4.79 Å². The number of methoxy groups -OCH3 is 2. The van der Waals surface area contributed by atoms with Crippen LogP contribution < -0.4 is 20.5 Å².